The molecule has 0 aliphatic carbocycles. The van der Waals surface area contributed by atoms with E-state index in [0.717, 1.165) is 50.6 Å². The third-order valence-electron chi connectivity index (χ3n) is 4.16. The Kier molecular flexibility index (Phi) is 3.05. The van der Waals surface area contributed by atoms with E-state index in [-0.39, 0.29) is 6.29 Å². The van der Waals surface area contributed by atoms with Crippen LogP contribution in [0, 0.1) is 5.92 Å². The number of hydrogen-bond donors (Lipinski definition) is 0. The average Bonchev–Trinajstić information content (AvgIpc) is 3.18. The molecule has 0 unspecified atom stereocenters. The molecule has 0 aromatic carbocycles. The predicted molar refractivity (Wildman–Crippen MR) is 73.6 cm³/mol. The van der Waals surface area contributed by atoms with E-state index in [1.807, 2.05) is 29.2 Å². The zero-order chi connectivity index (χ0) is 13.4. The van der Waals surface area contributed by atoms with Crippen molar-refractivity contribution >= 4 is 11.5 Å². The highest BCUT2D eigenvalue weighted by Gasteiger charge is 2.31. The van der Waals surface area contributed by atoms with Gasteiger partial charge in [-0.25, -0.2) is 9.97 Å². The van der Waals surface area contributed by atoms with Crippen LogP contribution in [0.2, 0.25) is 0 Å². The Bertz CT molecular complexity index is 586. The largest absolute Gasteiger partial charge is 0.354 e. The Labute approximate surface area is 117 Å². The van der Waals surface area contributed by atoms with Crippen LogP contribution in [0.25, 0.3) is 5.65 Å². The molecule has 4 heterocycles. The molecular weight excluding hydrogens is 256 g/mol. The summed E-state index contributed by atoms with van der Waals surface area (Å²) in [5.41, 5.74) is 0.930. The number of ether oxygens (including phenoxy) is 2. The molecule has 2 saturated heterocycles. The molecule has 6 heteroatoms. The summed E-state index contributed by atoms with van der Waals surface area (Å²) in [4.78, 5) is 11.2. The molecule has 0 saturated carbocycles. The van der Waals surface area contributed by atoms with Gasteiger partial charge in [-0.3, -0.25) is 0 Å². The first-order valence-corrected chi connectivity index (χ1v) is 7.17. The lowest BCUT2D eigenvalue weighted by molar-refractivity contribution is -0.0889. The minimum atomic E-state index is 0.00678. The molecule has 0 amide bonds. The molecule has 106 valence electrons. The maximum Gasteiger partial charge on any atom is 0.180 e. The van der Waals surface area contributed by atoms with Crippen LogP contribution in [-0.4, -0.2) is 47.0 Å². The van der Waals surface area contributed by atoms with E-state index in [4.69, 9.17) is 9.47 Å². The molecule has 2 fully saturated rings. The molecule has 0 atom stereocenters. The molecule has 0 radical (unpaired) electrons. The molecule has 2 aromatic heterocycles. The maximum absolute atomic E-state index is 5.62. The summed E-state index contributed by atoms with van der Waals surface area (Å²) >= 11 is 0. The Morgan fingerprint density at radius 2 is 1.70 bits per heavy atom. The summed E-state index contributed by atoms with van der Waals surface area (Å²) in [5.74, 6) is 1.48. The van der Waals surface area contributed by atoms with Crippen molar-refractivity contribution in [3.05, 3.63) is 24.8 Å². The van der Waals surface area contributed by atoms with Gasteiger partial charge in [0, 0.05) is 43.8 Å². The van der Waals surface area contributed by atoms with Crippen LogP contribution in [0.15, 0.2) is 24.8 Å². The Balaban J connectivity index is 1.50. The van der Waals surface area contributed by atoms with Gasteiger partial charge in [0.2, 0.25) is 0 Å². The maximum atomic E-state index is 5.62. The van der Waals surface area contributed by atoms with Crippen molar-refractivity contribution in [1.29, 1.82) is 0 Å². The molecule has 0 bridgehead atoms. The normalized spacial score (nSPS) is 21.9. The second kappa shape index (κ2) is 5.03. The zero-order valence-electron chi connectivity index (χ0n) is 11.3. The molecule has 4 rings (SSSR count). The average molecular weight is 274 g/mol. The third-order valence-corrected chi connectivity index (χ3v) is 4.16. The van der Waals surface area contributed by atoms with Crippen molar-refractivity contribution in [3.8, 4) is 0 Å². The summed E-state index contributed by atoms with van der Waals surface area (Å²) in [6.07, 6.45) is 9.69. The second-order valence-electron chi connectivity index (χ2n) is 5.34. The highest BCUT2D eigenvalue weighted by molar-refractivity contribution is 5.64. The van der Waals surface area contributed by atoms with Crippen LogP contribution >= 0.6 is 0 Å². The van der Waals surface area contributed by atoms with Crippen molar-refractivity contribution < 1.29 is 9.47 Å². The van der Waals surface area contributed by atoms with E-state index in [2.05, 4.69) is 14.9 Å². The molecule has 0 N–H and O–H groups in total. The van der Waals surface area contributed by atoms with E-state index < -0.39 is 0 Å². The van der Waals surface area contributed by atoms with E-state index in [1.165, 1.54) is 0 Å². The minimum Gasteiger partial charge on any atom is -0.354 e. The fourth-order valence-electron chi connectivity index (χ4n) is 3.10. The summed E-state index contributed by atoms with van der Waals surface area (Å²) < 4.78 is 13.2. The lowest BCUT2D eigenvalue weighted by atomic mass is 9.96. The van der Waals surface area contributed by atoms with E-state index in [9.17, 15) is 0 Å². The van der Waals surface area contributed by atoms with Gasteiger partial charge in [-0.15, -0.1) is 0 Å². The molecule has 2 aliphatic heterocycles. The van der Waals surface area contributed by atoms with Gasteiger partial charge in [0.25, 0.3) is 0 Å². The van der Waals surface area contributed by atoms with Crippen molar-refractivity contribution in [3.63, 3.8) is 0 Å². The predicted octanol–water partition coefficient (Wildman–Crippen LogP) is 1.32. The Morgan fingerprint density at radius 1 is 1.00 bits per heavy atom. The van der Waals surface area contributed by atoms with Crippen molar-refractivity contribution in [2.24, 2.45) is 5.92 Å². The number of aromatic nitrogens is 3. The Hall–Kier alpha value is -1.66. The summed E-state index contributed by atoms with van der Waals surface area (Å²) in [6.45, 7) is 3.43. The molecule has 2 aromatic rings. The van der Waals surface area contributed by atoms with Crippen LogP contribution in [0.1, 0.15) is 12.8 Å². The van der Waals surface area contributed by atoms with Crippen molar-refractivity contribution in [2.75, 3.05) is 31.2 Å². The van der Waals surface area contributed by atoms with Gasteiger partial charge in [-0.1, -0.05) is 0 Å². The highest BCUT2D eigenvalue weighted by Crippen LogP contribution is 2.28. The smallest absolute Gasteiger partial charge is 0.180 e. The second-order valence-corrected chi connectivity index (χ2v) is 5.34. The quantitative estimate of drug-likeness (QED) is 0.826. The number of piperidine rings is 1. The van der Waals surface area contributed by atoms with Gasteiger partial charge in [-0.2, -0.15) is 0 Å². The van der Waals surface area contributed by atoms with Crippen molar-refractivity contribution in [2.45, 2.75) is 19.1 Å². The third kappa shape index (κ3) is 2.05. The van der Waals surface area contributed by atoms with Gasteiger partial charge in [0.1, 0.15) is 0 Å². The number of anilines is 1. The van der Waals surface area contributed by atoms with Crippen LogP contribution in [0.4, 0.5) is 5.82 Å². The molecule has 20 heavy (non-hydrogen) atoms. The molecule has 0 spiro atoms. The van der Waals surface area contributed by atoms with E-state index >= 15 is 0 Å². The Morgan fingerprint density at radius 3 is 2.45 bits per heavy atom. The van der Waals surface area contributed by atoms with Gasteiger partial charge in [0.15, 0.2) is 17.8 Å². The SMILES string of the molecule is c1cn2ccnc2c(N2CCC(C3OCCO3)CC2)n1. The molecular formula is C14H18N4O2. The summed E-state index contributed by atoms with van der Waals surface area (Å²) in [7, 11) is 0. The zero-order valence-corrected chi connectivity index (χ0v) is 11.3. The van der Waals surface area contributed by atoms with Gasteiger partial charge in [0.05, 0.1) is 13.2 Å². The molecule has 6 nitrogen and oxygen atoms in total. The molecule has 2 aliphatic rings. The first-order valence-electron chi connectivity index (χ1n) is 7.17. The topological polar surface area (TPSA) is 51.9 Å². The number of fused-ring (bicyclic) bond motifs is 1. The number of imidazole rings is 1. The fourth-order valence-corrected chi connectivity index (χ4v) is 3.10. The monoisotopic (exact) mass is 274 g/mol. The van der Waals surface area contributed by atoms with Crippen LogP contribution in [0.3, 0.4) is 0 Å². The first kappa shape index (κ1) is 12.1. The standard InChI is InChI=1S/C14H18N4O2/c1-5-17(6-2-11(1)14-19-9-10-20-14)12-13-16-4-8-18(13)7-3-15-12/h3-4,7-8,11,14H,1-2,5-6,9-10H2. The van der Waals surface area contributed by atoms with E-state index in [0.29, 0.717) is 5.92 Å². The number of rotatable bonds is 2. The van der Waals surface area contributed by atoms with Crippen molar-refractivity contribution in [1.82, 2.24) is 14.4 Å². The lowest BCUT2D eigenvalue weighted by Gasteiger charge is -2.34. The van der Waals surface area contributed by atoms with E-state index in [1.54, 1.807) is 0 Å². The van der Waals surface area contributed by atoms with Gasteiger partial charge in [-0.05, 0) is 12.8 Å². The summed E-state index contributed by atoms with van der Waals surface area (Å²) in [5, 5.41) is 0. The number of hydrogen-bond acceptors (Lipinski definition) is 5. The van der Waals surface area contributed by atoms with Gasteiger partial charge >= 0.3 is 0 Å². The fraction of sp³-hybridized carbons (Fsp3) is 0.571. The minimum absolute atomic E-state index is 0.00678. The van der Waals surface area contributed by atoms with Crippen LogP contribution in [0.5, 0.6) is 0 Å². The van der Waals surface area contributed by atoms with Gasteiger partial charge < -0.3 is 18.8 Å². The first-order chi connectivity index (χ1) is 9.92. The number of nitrogens with zero attached hydrogens (tertiary/aromatic N) is 4. The lowest BCUT2D eigenvalue weighted by Crippen LogP contribution is -2.38. The highest BCUT2D eigenvalue weighted by atomic mass is 16.7. The van der Waals surface area contributed by atoms with Crippen LogP contribution in [-0.2, 0) is 9.47 Å². The summed E-state index contributed by atoms with van der Waals surface area (Å²) in [6, 6.07) is 0. The van der Waals surface area contributed by atoms with Crippen LogP contribution < -0.4 is 4.90 Å².